The van der Waals surface area contributed by atoms with Gasteiger partial charge in [-0.3, -0.25) is 4.79 Å². The highest BCUT2D eigenvalue weighted by Gasteiger charge is 2.65. The highest BCUT2D eigenvalue weighted by molar-refractivity contribution is 5.99. The van der Waals surface area contributed by atoms with Crippen molar-refractivity contribution in [3.8, 4) is 0 Å². The van der Waals surface area contributed by atoms with E-state index in [1.54, 1.807) is 6.92 Å². The molecule has 34 heavy (non-hydrogen) atoms. The molecule has 4 rings (SSSR count). The second-order valence-electron chi connectivity index (χ2n) is 13.5. The van der Waals surface area contributed by atoms with Crippen LogP contribution in [0.2, 0.25) is 0 Å². The van der Waals surface area contributed by atoms with E-state index in [1.165, 1.54) is 11.1 Å². The molecule has 0 amide bonds. The summed E-state index contributed by atoms with van der Waals surface area (Å²) >= 11 is 0. The summed E-state index contributed by atoms with van der Waals surface area (Å²) < 4.78 is 0. The van der Waals surface area contributed by atoms with E-state index in [0.717, 1.165) is 51.4 Å². The lowest BCUT2D eigenvalue weighted by atomic mass is 9.43. The van der Waals surface area contributed by atoms with Gasteiger partial charge in [-0.25, -0.2) is 4.79 Å². The predicted octanol–water partition coefficient (Wildman–Crippen LogP) is 6.72. The molecule has 0 radical (unpaired) electrons. The summed E-state index contributed by atoms with van der Waals surface area (Å²) in [7, 11) is 0. The van der Waals surface area contributed by atoms with E-state index in [2.05, 4.69) is 41.5 Å². The van der Waals surface area contributed by atoms with Crippen LogP contribution in [0.4, 0.5) is 0 Å². The van der Waals surface area contributed by atoms with Crippen molar-refractivity contribution < 1.29 is 19.8 Å². The van der Waals surface area contributed by atoms with E-state index < -0.39 is 5.97 Å². The monoisotopic (exact) mass is 470 g/mol. The van der Waals surface area contributed by atoms with Crippen molar-refractivity contribution in [1.82, 2.24) is 0 Å². The van der Waals surface area contributed by atoms with Crippen LogP contribution in [0.5, 0.6) is 0 Å². The molecule has 2 unspecified atom stereocenters. The number of carbonyl (C=O) groups is 2. The Balaban J connectivity index is 1.65. The number of aliphatic hydroxyl groups excluding tert-OH is 1. The Morgan fingerprint density at radius 2 is 1.79 bits per heavy atom. The maximum atomic E-state index is 13.9. The van der Waals surface area contributed by atoms with E-state index in [9.17, 15) is 14.7 Å². The van der Waals surface area contributed by atoms with Crippen molar-refractivity contribution in [2.24, 2.45) is 39.4 Å². The minimum atomic E-state index is -0.833. The lowest BCUT2D eigenvalue weighted by molar-refractivity contribution is -0.134. The molecule has 0 spiro atoms. The van der Waals surface area contributed by atoms with Crippen molar-refractivity contribution in [2.75, 3.05) is 0 Å². The average molecular weight is 471 g/mol. The third kappa shape index (κ3) is 3.49. The van der Waals surface area contributed by atoms with E-state index in [-0.39, 0.29) is 33.7 Å². The van der Waals surface area contributed by atoms with Crippen molar-refractivity contribution >= 4 is 11.8 Å². The van der Waals surface area contributed by atoms with E-state index in [1.807, 2.05) is 6.08 Å². The van der Waals surface area contributed by atoms with Crippen molar-refractivity contribution in [3.05, 3.63) is 22.8 Å². The lowest BCUT2D eigenvalue weighted by Gasteiger charge is -2.61. The number of allylic oxidation sites excluding steroid dienone is 3. The van der Waals surface area contributed by atoms with Gasteiger partial charge in [0.05, 0.1) is 6.10 Å². The van der Waals surface area contributed by atoms with E-state index >= 15 is 0 Å². The fourth-order valence-corrected chi connectivity index (χ4v) is 9.16. The number of Topliss-reactive ketones (excluding diaryl/α,β-unsaturated/α-hetero) is 1. The highest BCUT2D eigenvalue weighted by atomic mass is 16.4. The minimum Gasteiger partial charge on any atom is -0.478 e. The van der Waals surface area contributed by atoms with Gasteiger partial charge >= 0.3 is 5.97 Å². The van der Waals surface area contributed by atoms with Crippen LogP contribution in [0.15, 0.2) is 22.8 Å². The van der Waals surface area contributed by atoms with Gasteiger partial charge in [-0.05, 0) is 92.3 Å². The van der Waals surface area contributed by atoms with Gasteiger partial charge in [0.15, 0.2) is 5.78 Å². The topological polar surface area (TPSA) is 74.6 Å². The molecular formula is C30H46O4. The molecule has 0 aromatic heterocycles. The largest absolute Gasteiger partial charge is 0.478 e. The zero-order valence-corrected chi connectivity index (χ0v) is 22.5. The van der Waals surface area contributed by atoms with Crippen LogP contribution < -0.4 is 0 Å². The number of hydrogen-bond acceptors (Lipinski definition) is 3. The van der Waals surface area contributed by atoms with Gasteiger partial charge in [0.1, 0.15) is 0 Å². The molecule has 0 saturated heterocycles. The number of fused-ring (bicyclic) bond motifs is 4. The Kier molecular flexibility index (Phi) is 6.28. The molecule has 0 aromatic rings. The number of carboxylic acid groups (broad SMARTS) is 1. The van der Waals surface area contributed by atoms with Gasteiger partial charge in [-0.1, -0.05) is 53.2 Å². The molecule has 2 saturated carbocycles. The fraction of sp³-hybridized carbons (Fsp3) is 0.800. The first-order valence-electron chi connectivity index (χ1n) is 13.6. The summed E-state index contributed by atoms with van der Waals surface area (Å²) in [6.07, 6.45) is 10.0. The Hall–Kier alpha value is -1.42. The third-order valence-corrected chi connectivity index (χ3v) is 11.7. The Morgan fingerprint density at radius 3 is 2.44 bits per heavy atom. The second kappa shape index (κ2) is 8.32. The zero-order chi connectivity index (χ0) is 25.3. The van der Waals surface area contributed by atoms with Crippen LogP contribution in [-0.2, 0) is 9.59 Å². The van der Waals surface area contributed by atoms with Gasteiger partial charge in [-0.15, -0.1) is 0 Å². The molecule has 7 atom stereocenters. The molecule has 0 bridgehead atoms. The van der Waals surface area contributed by atoms with Gasteiger partial charge < -0.3 is 10.2 Å². The van der Waals surface area contributed by atoms with Crippen LogP contribution in [0.3, 0.4) is 0 Å². The first kappa shape index (κ1) is 25.7. The van der Waals surface area contributed by atoms with E-state index in [4.69, 9.17) is 5.11 Å². The van der Waals surface area contributed by atoms with Crippen LogP contribution >= 0.6 is 0 Å². The Bertz CT molecular complexity index is 941. The zero-order valence-electron chi connectivity index (χ0n) is 22.5. The van der Waals surface area contributed by atoms with Crippen molar-refractivity contribution in [3.63, 3.8) is 0 Å². The fourth-order valence-electron chi connectivity index (χ4n) is 9.16. The van der Waals surface area contributed by atoms with Gasteiger partial charge in [-0.2, -0.15) is 0 Å². The molecule has 0 heterocycles. The molecule has 0 aliphatic heterocycles. The number of ketones is 1. The van der Waals surface area contributed by atoms with Crippen LogP contribution in [0.25, 0.3) is 0 Å². The number of rotatable bonds is 5. The summed E-state index contributed by atoms with van der Waals surface area (Å²) in [6, 6.07) is 0. The Labute approximate surface area is 206 Å². The summed E-state index contributed by atoms with van der Waals surface area (Å²) in [6.45, 7) is 15.6. The molecule has 2 N–H and O–H groups in total. The number of aliphatic carboxylic acids is 1. The van der Waals surface area contributed by atoms with Crippen LogP contribution in [0, 0.1) is 39.4 Å². The second-order valence-corrected chi connectivity index (χ2v) is 13.5. The van der Waals surface area contributed by atoms with Crippen LogP contribution in [-0.4, -0.2) is 28.1 Å². The summed E-state index contributed by atoms with van der Waals surface area (Å²) in [4.78, 5) is 25.0. The highest BCUT2D eigenvalue weighted by Crippen LogP contribution is 2.71. The molecule has 4 aliphatic carbocycles. The number of hydrogen-bond donors (Lipinski definition) is 2. The molecule has 4 aliphatic rings. The molecule has 2 fully saturated rings. The smallest absolute Gasteiger partial charge is 0.330 e. The third-order valence-electron chi connectivity index (χ3n) is 11.7. The van der Waals surface area contributed by atoms with Gasteiger partial charge in [0.2, 0.25) is 0 Å². The summed E-state index contributed by atoms with van der Waals surface area (Å²) in [5, 5.41) is 19.9. The SMILES string of the molecule is C/C(=C/CCC(C)[C@@H]1CC[C@]2(C)C3=C(CC[C@@]12C)[C@@]1(C)CC[C@@H](O)C(C)(C)C1CC3=O)C(=O)O. The molecule has 4 nitrogen and oxygen atoms in total. The normalized spacial score (nSPS) is 42.6. The number of carboxylic acids is 1. The number of carbonyl (C=O) groups excluding carboxylic acids is 1. The molecule has 0 aromatic carbocycles. The van der Waals surface area contributed by atoms with Gasteiger partial charge in [0.25, 0.3) is 0 Å². The maximum Gasteiger partial charge on any atom is 0.330 e. The standard InChI is InChI=1S/C30H46O4/c1-18(9-8-10-19(2)26(33)34)20-11-16-30(7)25-21(12-15-29(20,30)6)28(5)14-13-24(32)27(3,4)23(28)17-22(25)31/h10,18,20,23-24,32H,8-9,11-17H2,1-7H3,(H,33,34)/b19-10-/t18?,20-,23?,24+,28+,29-,30+/m0/s1. The minimum absolute atomic E-state index is 0.0131. The molecule has 4 heteroatoms. The van der Waals surface area contributed by atoms with Crippen molar-refractivity contribution in [1.29, 1.82) is 0 Å². The number of aliphatic hydroxyl groups is 1. The van der Waals surface area contributed by atoms with E-state index in [0.29, 0.717) is 29.6 Å². The Morgan fingerprint density at radius 1 is 1.12 bits per heavy atom. The first-order chi connectivity index (χ1) is 15.7. The summed E-state index contributed by atoms with van der Waals surface area (Å²) in [5.41, 5.74) is 2.82. The molecular weight excluding hydrogens is 424 g/mol. The lowest BCUT2D eigenvalue weighted by Crippen LogP contribution is -2.57. The quantitative estimate of drug-likeness (QED) is 0.437. The van der Waals surface area contributed by atoms with Gasteiger partial charge in [0, 0.05) is 23.0 Å². The first-order valence-corrected chi connectivity index (χ1v) is 13.6. The molecule has 190 valence electrons. The maximum absolute atomic E-state index is 13.9. The van der Waals surface area contributed by atoms with Crippen LogP contribution in [0.1, 0.15) is 106 Å². The predicted molar refractivity (Wildman–Crippen MR) is 135 cm³/mol. The summed E-state index contributed by atoms with van der Waals surface area (Å²) in [5.74, 6) is 0.774. The van der Waals surface area contributed by atoms with Crippen molar-refractivity contribution in [2.45, 2.75) is 112 Å². The average Bonchev–Trinajstić information content (AvgIpc) is 3.04.